The summed E-state index contributed by atoms with van der Waals surface area (Å²) < 4.78 is 0. The quantitative estimate of drug-likeness (QED) is 0.729. The van der Waals surface area contributed by atoms with Crippen LogP contribution in [0.4, 0.5) is 4.79 Å². The summed E-state index contributed by atoms with van der Waals surface area (Å²) in [6, 6.07) is -0.00586. The second kappa shape index (κ2) is 5.45. The first kappa shape index (κ1) is 15.1. The van der Waals surface area contributed by atoms with E-state index in [4.69, 9.17) is 5.73 Å². The van der Waals surface area contributed by atoms with Gasteiger partial charge >= 0.3 is 6.03 Å². The van der Waals surface area contributed by atoms with Gasteiger partial charge < -0.3 is 16.4 Å². The second-order valence-electron chi connectivity index (χ2n) is 8.08. The lowest BCUT2D eigenvalue weighted by molar-refractivity contribution is -0.0135. The molecule has 0 aromatic heterocycles. The SMILES string of the molecule is CCC(N)(CC)CNC(=O)NC12CC3CC(CC(C3)C1)C2. The number of nitrogens with one attached hydrogen (secondary N) is 2. The van der Waals surface area contributed by atoms with E-state index in [1.807, 2.05) is 0 Å². The lowest BCUT2D eigenvalue weighted by Crippen LogP contribution is -2.62. The van der Waals surface area contributed by atoms with Crippen LogP contribution < -0.4 is 16.4 Å². The fourth-order valence-electron chi connectivity index (χ4n) is 5.31. The van der Waals surface area contributed by atoms with E-state index in [1.165, 1.54) is 38.5 Å². The molecule has 0 atom stereocenters. The number of carbonyl (C=O) groups excluding carboxylic acids is 1. The normalized spacial score (nSPS) is 37.6. The predicted molar refractivity (Wildman–Crippen MR) is 84.9 cm³/mol. The van der Waals surface area contributed by atoms with E-state index in [-0.39, 0.29) is 17.1 Å². The molecule has 4 saturated carbocycles. The second-order valence-corrected chi connectivity index (χ2v) is 8.08. The van der Waals surface area contributed by atoms with Gasteiger partial charge in [-0.25, -0.2) is 4.79 Å². The van der Waals surface area contributed by atoms with Gasteiger partial charge in [-0.3, -0.25) is 0 Å². The molecule has 0 aliphatic heterocycles. The molecule has 0 aromatic rings. The Balaban J connectivity index is 1.55. The minimum atomic E-state index is -0.265. The lowest BCUT2D eigenvalue weighted by Gasteiger charge is -2.56. The maximum Gasteiger partial charge on any atom is 0.315 e. The Labute approximate surface area is 128 Å². The minimum Gasteiger partial charge on any atom is -0.336 e. The molecule has 0 unspecified atom stereocenters. The molecule has 4 bridgehead atoms. The van der Waals surface area contributed by atoms with E-state index >= 15 is 0 Å². The van der Waals surface area contributed by atoms with Crippen LogP contribution in [0.1, 0.15) is 65.2 Å². The topological polar surface area (TPSA) is 67.1 Å². The highest BCUT2D eigenvalue weighted by Crippen LogP contribution is 2.55. The molecular weight excluding hydrogens is 262 g/mol. The zero-order valence-electron chi connectivity index (χ0n) is 13.6. The van der Waals surface area contributed by atoms with Crippen molar-refractivity contribution in [3.8, 4) is 0 Å². The van der Waals surface area contributed by atoms with E-state index in [9.17, 15) is 4.79 Å². The number of hydrogen-bond donors (Lipinski definition) is 3. The van der Waals surface area contributed by atoms with Crippen LogP contribution >= 0.6 is 0 Å². The first-order valence-corrected chi connectivity index (χ1v) is 8.81. The van der Waals surface area contributed by atoms with Gasteiger partial charge in [-0.2, -0.15) is 0 Å². The van der Waals surface area contributed by atoms with E-state index in [0.717, 1.165) is 30.6 Å². The Morgan fingerprint density at radius 1 is 1.10 bits per heavy atom. The summed E-state index contributed by atoms with van der Waals surface area (Å²) in [5.74, 6) is 2.57. The summed E-state index contributed by atoms with van der Waals surface area (Å²) >= 11 is 0. The first-order valence-electron chi connectivity index (χ1n) is 8.81. The van der Waals surface area contributed by atoms with Crippen LogP contribution in [0.5, 0.6) is 0 Å². The Morgan fingerprint density at radius 3 is 2.00 bits per heavy atom. The molecule has 4 rings (SSSR count). The number of rotatable bonds is 5. The van der Waals surface area contributed by atoms with Crippen molar-refractivity contribution in [2.75, 3.05) is 6.54 Å². The van der Waals surface area contributed by atoms with Crippen LogP contribution in [0.25, 0.3) is 0 Å². The molecule has 4 aliphatic rings. The average Bonchev–Trinajstić information content (AvgIpc) is 2.43. The van der Waals surface area contributed by atoms with E-state index in [1.54, 1.807) is 0 Å². The Bertz CT molecular complexity index is 368. The molecule has 4 nitrogen and oxygen atoms in total. The number of amides is 2. The molecule has 0 radical (unpaired) electrons. The summed E-state index contributed by atoms with van der Waals surface area (Å²) in [5, 5.41) is 6.36. The van der Waals surface area contributed by atoms with Gasteiger partial charge in [0.1, 0.15) is 0 Å². The average molecular weight is 293 g/mol. The smallest absolute Gasteiger partial charge is 0.315 e. The van der Waals surface area contributed by atoms with Gasteiger partial charge in [-0.1, -0.05) is 13.8 Å². The van der Waals surface area contributed by atoms with Crippen LogP contribution in [0.3, 0.4) is 0 Å². The number of nitrogens with two attached hydrogens (primary N) is 1. The van der Waals surface area contributed by atoms with Crippen LogP contribution in [-0.4, -0.2) is 23.7 Å². The van der Waals surface area contributed by atoms with Gasteiger partial charge in [0.15, 0.2) is 0 Å². The number of urea groups is 1. The van der Waals surface area contributed by atoms with E-state index < -0.39 is 0 Å². The first-order chi connectivity index (χ1) is 9.96. The molecule has 4 N–H and O–H groups in total. The predicted octanol–water partition coefficient (Wildman–Crippen LogP) is 2.77. The molecule has 0 aromatic carbocycles. The van der Waals surface area contributed by atoms with Gasteiger partial charge in [0, 0.05) is 17.6 Å². The Hall–Kier alpha value is -0.770. The third-order valence-electron chi connectivity index (χ3n) is 6.43. The molecular formula is C17H31N3O. The largest absolute Gasteiger partial charge is 0.336 e. The Morgan fingerprint density at radius 2 is 1.57 bits per heavy atom. The highest BCUT2D eigenvalue weighted by atomic mass is 16.2. The number of carbonyl (C=O) groups is 1. The van der Waals surface area contributed by atoms with Crippen molar-refractivity contribution in [2.45, 2.75) is 76.3 Å². The van der Waals surface area contributed by atoms with Crippen molar-refractivity contribution in [1.82, 2.24) is 10.6 Å². The van der Waals surface area contributed by atoms with Gasteiger partial charge in [0.05, 0.1) is 0 Å². The molecule has 2 amide bonds. The summed E-state index contributed by atoms with van der Waals surface area (Å²) in [5.41, 5.74) is 6.09. The van der Waals surface area contributed by atoms with Gasteiger partial charge in [-0.15, -0.1) is 0 Å². The zero-order chi connectivity index (χ0) is 15.1. The molecule has 4 heteroatoms. The summed E-state index contributed by atoms with van der Waals surface area (Å²) in [4.78, 5) is 12.3. The summed E-state index contributed by atoms with van der Waals surface area (Å²) in [7, 11) is 0. The van der Waals surface area contributed by atoms with Gasteiger partial charge in [0.25, 0.3) is 0 Å². The summed E-state index contributed by atoms with van der Waals surface area (Å²) in [6.45, 7) is 4.74. The highest BCUT2D eigenvalue weighted by molar-refractivity contribution is 5.75. The van der Waals surface area contributed by atoms with Crippen molar-refractivity contribution in [2.24, 2.45) is 23.5 Å². The third kappa shape index (κ3) is 3.05. The van der Waals surface area contributed by atoms with Crippen LogP contribution in [-0.2, 0) is 0 Å². The fraction of sp³-hybridized carbons (Fsp3) is 0.941. The van der Waals surface area contributed by atoms with Crippen LogP contribution in [0.15, 0.2) is 0 Å². The van der Waals surface area contributed by atoms with Crippen LogP contribution in [0.2, 0.25) is 0 Å². The van der Waals surface area contributed by atoms with Gasteiger partial charge in [0.2, 0.25) is 0 Å². The maximum atomic E-state index is 12.3. The standard InChI is InChI=1S/C17H31N3O/c1-3-16(18,4-2)11-19-15(21)20-17-8-12-5-13(9-17)7-14(6-12)10-17/h12-14H,3-11,18H2,1-2H3,(H2,19,20,21). The Kier molecular flexibility index (Phi) is 3.93. The minimum absolute atomic E-state index is 0.00586. The summed E-state index contributed by atoms with van der Waals surface area (Å²) in [6.07, 6.45) is 9.58. The maximum absolute atomic E-state index is 12.3. The molecule has 120 valence electrons. The van der Waals surface area contributed by atoms with Crippen LogP contribution in [0, 0.1) is 17.8 Å². The van der Waals surface area contributed by atoms with E-state index in [0.29, 0.717) is 6.54 Å². The van der Waals surface area contributed by atoms with Crippen molar-refractivity contribution in [3.63, 3.8) is 0 Å². The van der Waals surface area contributed by atoms with Crippen molar-refractivity contribution >= 4 is 6.03 Å². The fourth-order valence-corrected chi connectivity index (χ4v) is 5.31. The monoisotopic (exact) mass is 293 g/mol. The molecule has 4 aliphatic carbocycles. The molecule has 4 fully saturated rings. The molecule has 0 spiro atoms. The third-order valence-corrected chi connectivity index (χ3v) is 6.43. The van der Waals surface area contributed by atoms with Crippen molar-refractivity contribution in [1.29, 1.82) is 0 Å². The zero-order valence-corrected chi connectivity index (χ0v) is 13.6. The van der Waals surface area contributed by atoms with Gasteiger partial charge in [-0.05, 0) is 69.1 Å². The molecule has 21 heavy (non-hydrogen) atoms. The molecule has 0 heterocycles. The highest BCUT2D eigenvalue weighted by Gasteiger charge is 2.51. The lowest BCUT2D eigenvalue weighted by atomic mass is 9.53. The number of hydrogen-bond acceptors (Lipinski definition) is 2. The molecule has 0 saturated heterocycles. The van der Waals surface area contributed by atoms with Crippen molar-refractivity contribution in [3.05, 3.63) is 0 Å². The van der Waals surface area contributed by atoms with E-state index in [2.05, 4.69) is 24.5 Å². The van der Waals surface area contributed by atoms with Crippen molar-refractivity contribution < 1.29 is 4.79 Å².